The molecule has 4 rings (SSSR count). The summed E-state index contributed by atoms with van der Waals surface area (Å²) in [5.74, 6) is 1.30. The zero-order chi connectivity index (χ0) is 19.3. The molecule has 0 saturated carbocycles. The van der Waals surface area contributed by atoms with Gasteiger partial charge in [0.1, 0.15) is 5.71 Å². The van der Waals surface area contributed by atoms with E-state index in [0.29, 0.717) is 29.5 Å². The van der Waals surface area contributed by atoms with E-state index in [1.54, 1.807) is 12.1 Å². The SMILES string of the molecule is COC(=O)c1ccc(/C(=N/NCc2ccccc2)c2ccc3c(c2)OCO3)o1. The Hall–Kier alpha value is -3.74. The Morgan fingerprint density at radius 1 is 1.04 bits per heavy atom. The number of nitrogens with one attached hydrogen (secondary N) is 1. The second kappa shape index (κ2) is 7.87. The molecule has 1 aromatic heterocycles. The smallest absolute Gasteiger partial charge is 0.373 e. The lowest BCUT2D eigenvalue weighted by atomic mass is 10.1. The first-order valence-electron chi connectivity index (χ1n) is 8.67. The quantitative estimate of drug-likeness (QED) is 0.402. The average molecular weight is 378 g/mol. The fourth-order valence-electron chi connectivity index (χ4n) is 2.79. The van der Waals surface area contributed by atoms with E-state index in [4.69, 9.17) is 18.6 Å². The normalized spacial score (nSPS) is 12.7. The molecular formula is C21H18N2O5. The molecule has 7 heteroatoms. The first-order chi connectivity index (χ1) is 13.7. The van der Waals surface area contributed by atoms with Crippen molar-refractivity contribution in [3.63, 3.8) is 0 Å². The van der Waals surface area contributed by atoms with Crippen LogP contribution in [0.3, 0.4) is 0 Å². The van der Waals surface area contributed by atoms with Crippen molar-refractivity contribution in [2.45, 2.75) is 6.54 Å². The highest BCUT2D eigenvalue weighted by Crippen LogP contribution is 2.33. The highest BCUT2D eigenvalue weighted by Gasteiger charge is 2.20. The summed E-state index contributed by atoms with van der Waals surface area (Å²) in [6.07, 6.45) is 0. The Labute approximate surface area is 161 Å². The Balaban J connectivity index is 1.65. The van der Waals surface area contributed by atoms with Crippen LogP contribution in [0.5, 0.6) is 11.5 Å². The third-order valence-electron chi connectivity index (χ3n) is 4.19. The van der Waals surface area contributed by atoms with Gasteiger partial charge in [-0.3, -0.25) is 0 Å². The Bertz CT molecular complexity index is 1010. The number of furan rings is 1. The van der Waals surface area contributed by atoms with Crippen LogP contribution < -0.4 is 14.9 Å². The number of benzene rings is 2. The molecular weight excluding hydrogens is 360 g/mol. The van der Waals surface area contributed by atoms with Gasteiger partial charge in [-0.05, 0) is 35.9 Å². The molecule has 1 N–H and O–H groups in total. The molecule has 0 atom stereocenters. The topological polar surface area (TPSA) is 82.3 Å². The number of ether oxygens (including phenoxy) is 3. The van der Waals surface area contributed by atoms with E-state index in [2.05, 4.69) is 10.5 Å². The number of hydrazone groups is 1. The zero-order valence-electron chi connectivity index (χ0n) is 15.2. The Kier molecular flexibility index (Phi) is 4.97. The van der Waals surface area contributed by atoms with Crippen LogP contribution in [0, 0.1) is 0 Å². The third-order valence-corrected chi connectivity index (χ3v) is 4.19. The minimum absolute atomic E-state index is 0.106. The summed E-state index contributed by atoms with van der Waals surface area (Å²) in [5, 5.41) is 4.51. The lowest BCUT2D eigenvalue weighted by Crippen LogP contribution is -2.12. The highest BCUT2D eigenvalue weighted by molar-refractivity contribution is 6.11. The number of esters is 1. The van der Waals surface area contributed by atoms with Crippen LogP contribution in [-0.4, -0.2) is 25.6 Å². The molecule has 3 aromatic rings. The van der Waals surface area contributed by atoms with Gasteiger partial charge in [-0.2, -0.15) is 5.10 Å². The molecule has 2 aromatic carbocycles. The lowest BCUT2D eigenvalue weighted by molar-refractivity contribution is 0.0564. The largest absolute Gasteiger partial charge is 0.463 e. The van der Waals surface area contributed by atoms with E-state index in [1.807, 2.05) is 48.5 Å². The van der Waals surface area contributed by atoms with Gasteiger partial charge in [0, 0.05) is 5.56 Å². The summed E-state index contributed by atoms with van der Waals surface area (Å²) in [6, 6.07) is 18.6. The standard InChI is InChI=1S/C21H18N2O5/c1-25-21(24)18-10-9-17(28-18)20(23-22-12-14-5-3-2-4-6-14)15-7-8-16-19(11-15)27-13-26-16/h2-11,22H,12-13H2,1H3/b23-20+. The summed E-state index contributed by atoms with van der Waals surface area (Å²) in [5.41, 5.74) is 5.44. The maximum atomic E-state index is 11.7. The van der Waals surface area contributed by atoms with Crippen LogP contribution in [0.2, 0.25) is 0 Å². The maximum absolute atomic E-state index is 11.7. The van der Waals surface area contributed by atoms with Gasteiger partial charge in [0.25, 0.3) is 0 Å². The molecule has 28 heavy (non-hydrogen) atoms. The van der Waals surface area contributed by atoms with Gasteiger partial charge in [-0.25, -0.2) is 4.79 Å². The van der Waals surface area contributed by atoms with Crippen molar-refractivity contribution in [2.75, 3.05) is 13.9 Å². The molecule has 0 aliphatic carbocycles. The van der Waals surface area contributed by atoms with E-state index in [-0.39, 0.29) is 12.6 Å². The summed E-state index contributed by atoms with van der Waals surface area (Å²) in [7, 11) is 1.30. The van der Waals surface area contributed by atoms with Gasteiger partial charge in [0.2, 0.25) is 12.6 Å². The van der Waals surface area contributed by atoms with Crippen molar-refractivity contribution < 1.29 is 23.4 Å². The van der Waals surface area contributed by atoms with Gasteiger partial charge < -0.3 is 24.1 Å². The van der Waals surface area contributed by atoms with Gasteiger partial charge in [-0.1, -0.05) is 30.3 Å². The number of carbonyl (C=O) groups is 1. The van der Waals surface area contributed by atoms with E-state index >= 15 is 0 Å². The first-order valence-corrected chi connectivity index (χ1v) is 8.67. The van der Waals surface area contributed by atoms with Crippen molar-refractivity contribution in [3.8, 4) is 11.5 Å². The van der Waals surface area contributed by atoms with E-state index in [9.17, 15) is 4.79 Å². The highest BCUT2D eigenvalue weighted by atomic mass is 16.7. The van der Waals surface area contributed by atoms with Crippen LogP contribution in [0.25, 0.3) is 0 Å². The van der Waals surface area contributed by atoms with Crippen molar-refractivity contribution in [1.82, 2.24) is 5.43 Å². The average Bonchev–Trinajstić information content (AvgIpc) is 3.40. The predicted octanol–water partition coefficient (Wildman–Crippen LogP) is 3.34. The van der Waals surface area contributed by atoms with Gasteiger partial charge in [-0.15, -0.1) is 0 Å². The first kappa shape index (κ1) is 17.7. The summed E-state index contributed by atoms with van der Waals surface area (Å²) in [6.45, 7) is 0.726. The van der Waals surface area contributed by atoms with Crippen molar-refractivity contribution >= 4 is 11.7 Å². The fourth-order valence-corrected chi connectivity index (χ4v) is 2.79. The number of hydrogen-bond donors (Lipinski definition) is 1. The number of carbonyl (C=O) groups excluding carboxylic acids is 1. The molecule has 0 saturated heterocycles. The van der Waals surface area contributed by atoms with Crippen LogP contribution in [0.15, 0.2) is 70.2 Å². The van der Waals surface area contributed by atoms with Crippen LogP contribution in [-0.2, 0) is 11.3 Å². The molecule has 1 aliphatic heterocycles. The maximum Gasteiger partial charge on any atom is 0.373 e. The van der Waals surface area contributed by atoms with Crippen molar-refractivity contribution in [3.05, 3.63) is 83.3 Å². The zero-order valence-corrected chi connectivity index (χ0v) is 15.2. The van der Waals surface area contributed by atoms with Crippen molar-refractivity contribution in [2.24, 2.45) is 5.10 Å². The number of fused-ring (bicyclic) bond motifs is 1. The van der Waals surface area contributed by atoms with Crippen LogP contribution >= 0.6 is 0 Å². The molecule has 0 radical (unpaired) electrons. The van der Waals surface area contributed by atoms with E-state index in [0.717, 1.165) is 11.1 Å². The number of nitrogens with zero attached hydrogens (tertiary/aromatic N) is 1. The summed E-state index contributed by atoms with van der Waals surface area (Å²) < 4.78 is 21.2. The van der Waals surface area contributed by atoms with Gasteiger partial charge in [0.05, 0.1) is 13.7 Å². The molecule has 7 nitrogen and oxygen atoms in total. The number of methoxy groups -OCH3 is 1. The Morgan fingerprint density at radius 3 is 2.64 bits per heavy atom. The van der Waals surface area contributed by atoms with E-state index in [1.165, 1.54) is 7.11 Å². The van der Waals surface area contributed by atoms with Gasteiger partial charge in [0.15, 0.2) is 17.3 Å². The molecule has 0 bridgehead atoms. The molecule has 0 spiro atoms. The van der Waals surface area contributed by atoms with Gasteiger partial charge >= 0.3 is 5.97 Å². The molecule has 0 fully saturated rings. The molecule has 0 amide bonds. The minimum Gasteiger partial charge on any atom is -0.463 e. The number of rotatable bonds is 6. The lowest BCUT2D eigenvalue weighted by Gasteiger charge is -2.07. The van der Waals surface area contributed by atoms with Crippen molar-refractivity contribution in [1.29, 1.82) is 0 Å². The molecule has 1 aliphatic rings. The predicted molar refractivity (Wildman–Crippen MR) is 102 cm³/mol. The van der Waals surface area contributed by atoms with Crippen LogP contribution in [0.4, 0.5) is 0 Å². The second-order valence-electron chi connectivity index (χ2n) is 6.00. The molecule has 0 unspecified atom stereocenters. The summed E-state index contributed by atoms with van der Waals surface area (Å²) in [4.78, 5) is 11.7. The minimum atomic E-state index is -0.548. The fraction of sp³-hybridized carbons (Fsp3) is 0.143. The third kappa shape index (κ3) is 3.68. The number of hydrogen-bond acceptors (Lipinski definition) is 7. The molecule has 142 valence electrons. The second-order valence-corrected chi connectivity index (χ2v) is 6.00. The summed E-state index contributed by atoms with van der Waals surface area (Å²) >= 11 is 0. The Morgan fingerprint density at radius 2 is 1.82 bits per heavy atom. The monoisotopic (exact) mass is 378 g/mol. The molecule has 2 heterocycles. The van der Waals surface area contributed by atoms with Crippen LogP contribution in [0.1, 0.15) is 27.4 Å². The van der Waals surface area contributed by atoms with E-state index < -0.39 is 5.97 Å².